The molecule has 0 atom stereocenters. The van der Waals surface area contributed by atoms with Crippen LogP contribution in [0, 0.1) is 0 Å². The number of rotatable bonds is 4. The van der Waals surface area contributed by atoms with Gasteiger partial charge < -0.3 is 0 Å². The van der Waals surface area contributed by atoms with Gasteiger partial charge in [-0.05, 0) is 17.7 Å². The predicted molar refractivity (Wildman–Crippen MR) is 93.3 cm³/mol. The van der Waals surface area contributed by atoms with Crippen molar-refractivity contribution in [3.8, 4) is 0 Å². The fourth-order valence-electron chi connectivity index (χ4n) is 2.71. The highest BCUT2D eigenvalue weighted by Gasteiger charge is 2.38. The van der Waals surface area contributed by atoms with Crippen molar-refractivity contribution < 1.29 is 18.4 Å². The molecule has 1 aliphatic heterocycles. The van der Waals surface area contributed by atoms with Gasteiger partial charge in [-0.15, -0.1) is 0 Å². The Hall–Kier alpha value is -2.13. The Morgan fingerprint density at radius 1 is 1.16 bits per heavy atom. The molecule has 3 rings (SSSR count). The van der Waals surface area contributed by atoms with Gasteiger partial charge in [0, 0.05) is 17.1 Å². The van der Waals surface area contributed by atoms with Gasteiger partial charge in [-0.3, -0.25) is 14.3 Å². The van der Waals surface area contributed by atoms with E-state index in [4.69, 9.17) is 16.8 Å². The minimum Gasteiger partial charge on any atom is -0.289 e. The average Bonchev–Trinajstić information content (AvgIpc) is 2.60. The third kappa shape index (κ3) is 3.47. The molecule has 1 aliphatic rings. The van der Waals surface area contributed by atoms with Crippen LogP contribution in [-0.2, 0) is 28.1 Å². The van der Waals surface area contributed by atoms with Crippen molar-refractivity contribution in [2.45, 2.75) is 13.1 Å². The summed E-state index contributed by atoms with van der Waals surface area (Å²) in [6, 6.07) is 14.2. The number of fused-ring (bicyclic) bond motifs is 1. The van der Waals surface area contributed by atoms with Crippen molar-refractivity contribution in [2.75, 3.05) is 10.8 Å². The van der Waals surface area contributed by atoms with E-state index >= 15 is 0 Å². The van der Waals surface area contributed by atoms with Crippen molar-refractivity contribution in [3.05, 3.63) is 64.7 Å². The van der Waals surface area contributed by atoms with Crippen molar-refractivity contribution in [1.29, 1.82) is 0 Å². The number of hydrogen-bond donors (Lipinski definition) is 2. The first kappa shape index (κ1) is 17.7. The summed E-state index contributed by atoms with van der Waals surface area (Å²) in [6.07, 6.45) is 0. The van der Waals surface area contributed by atoms with Crippen molar-refractivity contribution in [3.63, 3.8) is 0 Å². The fourth-order valence-corrected chi connectivity index (χ4v) is 4.52. The highest BCUT2D eigenvalue weighted by molar-refractivity contribution is 7.90. The molecule has 0 radical (unpaired) electrons. The van der Waals surface area contributed by atoms with Crippen LogP contribution in [0.1, 0.15) is 11.1 Å². The summed E-state index contributed by atoms with van der Waals surface area (Å²) in [5.74, 6) is -0.821. The van der Waals surface area contributed by atoms with Gasteiger partial charge in [-0.25, -0.2) is 5.48 Å². The number of halogens is 1. The van der Waals surface area contributed by atoms with Crippen molar-refractivity contribution in [2.24, 2.45) is 0 Å². The van der Waals surface area contributed by atoms with Crippen LogP contribution in [-0.4, -0.2) is 30.4 Å². The Kier molecular flexibility index (Phi) is 4.96. The van der Waals surface area contributed by atoms with Gasteiger partial charge in [0.25, 0.3) is 5.91 Å². The van der Waals surface area contributed by atoms with Gasteiger partial charge in [0.05, 0.1) is 18.8 Å². The van der Waals surface area contributed by atoms with Crippen LogP contribution >= 0.6 is 11.6 Å². The van der Waals surface area contributed by atoms with E-state index in [1.54, 1.807) is 18.2 Å². The molecule has 2 aromatic rings. The lowest BCUT2D eigenvalue weighted by Crippen LogP contribution is -2.50. The standard InChI is InChI=1S/C16H16ClN3O4S/c17-14-7-4-8-15-13(14)10-19(11-16(21)18-22)25(23,24)20(15)9-12-5-2-1-3-6-12/h1-8,22H,9-11H2,(H,18,21). The Morgan fingerprint density at radius 3 is 2.56 bits per heavy atom. The summed E-state index contributed by atoms with van der Waals surface area (Å²) >= 11 is 6.24. The number of hydrogen-bond acceptors (Lipinski definition) is 4. The van der Waals surface area contributed by atoms with E-state index in [1.807, 2.05) is 30.3 Å². The molecule has 0 saturated carbocycles. The maximum Gasteiger partial charge on any atom is 0.305 e. The van der Waals surface area contributed by atoms with Crippen molar-refractivity contribution in [1.82, 2.24) is 9.79 Å². The lowest BCUT2D eigenvalue weighted by molar-refractivity contribution is -0.129. The molecule has 7 nitrogen and oxygen atoms in total. The van der Waals surface area contributed by atoms with Crippen LogP contribution < -0.4 is 9.79 Å². The summed E-state index contributed by atoms with van der Waals surface area (Å²) in [5, 5.41) is 9.14. The molecule has 1 amide bonds. The van der Waals surface area contributed by atoms with Crippen LogP contribution in [0.5, 0.6) is 0 Å². The minimum absolute atomic E-state index is 0.0456. The first-order valence-electron chi connectivity index (χ1n) is 7.45. The first-order valence-corrected chi connectivity index (χ1v) is 9.23. The molecule has 0 bridgehead atoms. The van der Waals surface area contributed by atoms with Crippen LogP contribution in [0.3, 0.4) is 0 Å². The largest absolute Gasteiger partial charge is 0.305 e. The number of hydroxylamine groups is 1. The molecule has 25 heavy (non-hydrogen) atoms. The van der Waals surface area contributed by atoms with Gasteiger partial charge in [-0.1, -0.05) is 48.0 Å². The van der Waals surface area contributed by atoms with Crippen LogP contribution in [0.4, 0.5) is 5.69 Å². The summed E-state index contributed by atoms with van der Waals surface area (Å²) in [4.78, 5) is 11.5. The maximum atomic E-state index is 13.0. The Bertz CT molecular complexity index is 890. The molecule has 0 aliphatic carbocycles. The Morgan fingerprint density at radius 2 is 1.88 bits per heavy atom. The number of benzene rings is 2. The molecule has 0 spiro atoms. The number of nitrogens with zero attached hydrogens (tertiary/aromatic N) is 2. The zero-order chi connectivity index (χ0) is 18.0. The molecule has 0 aromatic heterocycles. The summed E-state index contributed by atoms with van der Waals surface area (Å²) in [5.41, 5.74) is 3.35. The lowest BCUT2D eigenvalue weighted by Gasteiger charge is -2.37. The number of amides is 1. The topological polar surface area (TPSA) is 90.0 Å². The second-order valence-electron chi connectivity index (χ2n) is 5.54. The summed E-state index contributed by atoms with van der Waals surface area (Å²) in [7, 11) is -3.96. The zero-order valence-corrected chi connectivity index (χ0v) is 14.7. The molecule has 0 saturated heterocycles. The highest BCUT2D eigenvalue weighted by atomic mass is 35.5. The number of anilines is 1. The zero-order valence-electron chi connectivity index (χ0n) is 13.1. The van der Waals surface area contributed by atoms with E-state index < -0.39 is 22.7 Å². The number of carbonyl (C=O) groups excluding carboxylic acids is 1. The van der Waals surface area contributed by atoms with E-state index in [2.05, 4.69) is 0 Å². The molecule has 9 heteroatoms. The van der Waals surface area contributed by atoms with E-state index in [9.17, 15) is 13.2 Å². The van der Waals surface area contributed by atoms with Gasteiger partial charge in [0.1, 0.15) is 0 Å². The van der Waals surface area contributed by atoms with Gasteiger partial charge in [-0.2, -0.15) is 12.7 Å². The van der Waals surface area contributed by atoms with Crippen LogP contribution in [0.2, 0.25) is 5.02 Å². The lowest BCUT2D eigenvalue weighted by atomic mass is 10.1. The molecule has 2 N–H and O–H groups in total. The van der Waals surface area contributed by atoms with Gasteiger partial charge >= 0.3 is 10.2 Å². The molecular weight excluding hydrogens is 366 g/mol. The average molecular weight is 382 g/mol. The second kappa shape index (κ2) is 7.01. The minimum atomic E-state index is -3.96. The van der Waals surface area contributed by atoms with Gasteiger partial charge in [0.2, 0.25) is 0 Å². The first-order chi connectivity index (χ1) is 11.9. The Balaban J connectivity index is 2.06. The Labute approximate surface area is 150 Å². The van der Waals surface area contributed by atoms with E-state index in [0.717, 1.165) is 9.87 Å². The fraction of sp³-hybridized carbons (Fsp3) is 0.188. The number of carbonyl (C=O) groups is 1. The molecule has 132 valence electrons. The van der Waals surface area contributed by atoms with E-state index in [0.29, 0.717) is 16.3 Å². The van der Waals surface area contributed by atoms with Crippen molar-refractivity contribution >= 4 is 33.4 Å². The third-order valence-corrected chi connectivity index (χ3v) is 6.06. The molecular formula is C16H16ClN3O4S. The maximum absolute atomic E-state index is 13.0. The molecule has 2 aromatic carbocycles. The quantitative estimate of drug-likeness (QED) is 0.625. The highest BCUT2D eigenvalue weighted by Crippen LogP contribution is 2.37. The molecule has 0 fully saturated rings. The smallest absolute Gasteiger partial charge is 0.289 e. The third-order valence-electron chi connectivity index (χ3n) is 3.92. The normalized spacial score (nSPS) is 16.3. The molecule has 1 heterocycles. The summed E-state index contributed by atoms with van der Waals surface area (Å²) in [6.45, 7) is -0.446. The van der Waals surface area contributed by atoms with E-state index in [1.165, 1.54) is 9.79 Å². The number of nitrogens with one attached hydrogen (secondary N) is 1. The molecule has 0 unspecified atom stereocenters. The second-order valence-corrected chi connectivity index (χ2v) is 7.80. The van der Waals surface area contributed by atoms with Crippen LogP contribution in [0.15, 0.2) is 48.5 Å². The van der Waals surface area contributed by atoms with Gasteiger partial charge in [0.15, 0.2) is 0 Å². The SMILES string of the molecule is O=C(CN1Cc2c(Cl)cccc2N(Cc2ccccc2)S1(=O)=O)NO. The van der Waals surface area contributed by atoms with E-state index in [-0.39, 0.29) is 13.1 Å². The summed E-state index contributed by atoms with van der Waals surface area (Å²) < 4.78 is 28.2. The van der Waals surface area contributed by atoms with Crippen LogP contribution in [0.25, 0.3) is 0 Å². The monoisotopic (exact) mass is 381 g/mol. The predicted octanol–water partition coefficient (Wildman–Crippen LogP) is 1.91.